The maximum Gasteiger partial charge on any atom is 0.338 e. The van der Waals surface area contributed by atoms with Gasteiger partial charge in [-0.1, -0.05) is 18.2 Å². The third-order valence-electron chi connectivity index (χ3n) is 4.62. The number of rotatable bonds is 3. The fourth-order valence-corrected chi connectivity index (χ4v) is 3.32. The van der Waals surface area contributed by atoms with E-state index < -0.39 is 5.97 Å². The molecular formula is C18H17N3O4. The molecular weight excluding hydrogens is 322 g/mol. The van der Waals surface area contributed by atoms with Crippen molar-refractivity contribution in [2.45, 2.75) is 18.9 Å². The molecule has 7 nitrogen and oxygen atoms in total. The van der Waals surface area contributed by atoms with Gasteiger partial charge in [-0.25, -0.2) is 4.79 Å². The molecule has 0 spiro atoms. The number of carboxylic acids is 1. The third kappa shape index (κ3) is 2.77. The van der Waals surface area contributed by atoms with Gasteiger partial charge in [-0.15, -0.1) is 0 Å². The molecule has 7 heteroatoms. The number of carboxylic acid groups (broad SMARTS) is 1. The van der Waals surface area contributed by atoms with E-state index in [9.17, 15) is 9.59 Å². The van der Waals surface area contributed by atoms with Crippen molar-refractivity contribution < 1.29 is 19.1 Å². The van der Waals surface area contributed by atoms with Gasteiger partial charge in [0.2, 0.25) is 0 Å². The average Bonchev–Trinajstić information content (AvgIpc) is 3.28. The van der Waals surface area contributed by atoms with E-state index in [4.69, 9.17) is 9.52 Å². The van der Waals surface area contributed by atoms with E-state index in [1.54, 1.807) is 9.58 Å². The molecule has 3 aromatic rings. The number of aromatic carboxylic acids is 1. The summed E-state index contributed by atoms with van der Waals surface area (Å²) >= 11 is 0. The summed E-state index contributed by atoms with van der Waals surface area (Å²) in [5.74, 6) is -1.07. The number of carbonyl (C=O) groups is 2. The van der Waals surface area contributed by atoms with Crippen LogP contribution in [0.4, 0.5) is 0 Å². The number of piperidine rings is 1. The lowest BCUT2D eigenvalue weighted by Crippen LogP contribution is -2.40. The molecule has 25 heavy (non-hydrogen) atoms. The van der Waals surface area contributed by atoms with E-state index in [2.05, 4.69) is 5.10 Å². The number of benzene rings is 1. The summed E-state index contributed by atoms with van der Waals surface area (Å²) in [6.45, 7) is 1.17. The highest BCUT2D eigenvalue weighted by Gasteiger charge is 2.28. The Morgan fingerprint density at radius 3 is 2.92 bits per heavy atom. The first-order valence-corrected chi connectivity index (χ1v) is 8.16. The number of hydrogen-bond donors (Lipinski definition) is 1. The van der Waals surface area contributed by atoms with Crippen LogP contribution in [0.15, 0.2) is 47.3 Å². The van der Waals surface area contributed by atoms with Crippen LogP contribution in [-0.2, 0) is 0 Å². The highest BCUT2D eigenvalue weighted by Crippen LogP contribution is 2.26. The van der Waals surface area contributed by atoms with Gasteiger partial charge in [-0.05, 0) is 18.9 Å². The summed E-state index contributed by atoms with van der Waals surface area (Å²) in [6, 6.07) is 7.44. The van der Waals surface area contributed by atoms with Crippen molar-refractivity contribution in [3.8, 4) is 0 Å². The number of nitrogens with zero attached hydrogens (tertiary/aromatic N) is 3. The van der Waals surface area contributed by atoms with Gasteiger partial charge in [-0.3, -0.25) is 9.48 Å². The van der Waals surface area contributed by atoms with Crippen LogP contribution in [0.1, 0.15) is 39.6 Å². The second-order valence-corrected chi connectivity index (χ2v) is 6.21. The lowest BCUT2D eigenvalue weighted by molar-refractivity contribution is 0.0666. The number of para-hydroxylation sites is 1. The molecule has 2 aromatic heterocycles. The molecule has 1 atom stereocenters. The Balaban J connectivity index is 1.56. The van der Waals surface area contributed by atoms with Gasteiger partial charge in [-0.2, -0.15) is 5.10 Å². The van der Waals surface area contributed by atoms with Gasteiger partial charge in [0.1, 0.15) is 11.8 Å². The molecule has 1 saturated heterocycles. The monoisotopic (exact) mass is 339 g/mol. The summed E-state index contributed by atoms with van der Waals surface area (Å²) in [5, 5.41) is 14.0. The van der Waals surface area contributed by atoms with Crippen LogP contribution < -0.4 is 0 Å². The van der Waals surface area contributed by atoms with Crippen molar-refractivity contribution in [1.29, 1.82) is 0 Å². The van der Waals surface area contributed by atoms with E-state index in [0.717, 1.165) is 18.2 Å². The Hall–Kier alpha value is -3.09. The normalized spacial score (nSPS) is 17.8. The fourth-order valence-electron chi connectivity index (χ4n) is 3.32. The van der Waals surface area contributed by atoms with Crippen molar-refractivity contribution in [2.75, 3.05) is 13.1 Å². The third-order valence-corrected chi connectivity index (χ3v) is 4.62. The molecule has 0 bridgehead atoms. The van der Waals surface area contributed by atoms with Gasteiger partial charge in [0.25, 0.3) is 5.91 Å². The number of amides is 1. The first-order chi connectivity index (χ1) is 12.1. The molecule has 4 rings (SSSR count). The smallest absolute Gasteiger partial charge is 0.338 e. The summed E-state index contributed by atoms with van der Waals surface area (Å²) in [4.78, 5) is 25.7. The van der Waals surface area contributed by atoms with Crippen molar-refractivity contribution in [3.05, 3.63) is 54.0 Å². The first kappa shape index (κ1) is 15.4. The quantitative estimate of drug-likeness (QED) is 0.792. The zero-order valence-electron chi connectivity index (χ0n) is 13.5. The second-order valence-electron chi connectivity index (χ2n) is 6.21. The summed E-state index contributed by atoms with van der Waals surface area (Å²) in [5.41, 5.74) is 1.41. The average molecular weight is 339 g/mol. The second kappa shape index (κ2) is 6.08. The van der Waals surface area contributed by atoms with Crippen molar-refractivity contribution in [2.24, 2.45) is 0 Å². The molecule has 1 N–H and O–H groups in total. The minimum atomic E-state index is -1.00. The SMILES string of the molecule is O=C(O)c1cnn([C@H]2CCCN(C(=O)c3coc4ccccc34)C2)c1. The summed E-state index contributed by atoms with van der Waals surface area (Å²) < 4.78 is 7.12. The van der Waals surface area contributed by atoms with E-state index in [1.807, 2.05) is 24.3 Å². The summed E-state index contributed by atoms with van der Waals surface area (Å²) in [7, 11) is 0. The predicted molar refractivity (Wildman–Crippen MR) is 89.6 cm³/mol. The lowest BCUT2D eigenvalue weighted by atomic mass is 10.0. The Morgan fingerprint density at radius 2 is 2.12 bits per heavy atom. The molecule has 1 aliphatic heterocycles. The van der Waals surface area contributed by atoms with Crippen molar-refractivity contribution in [1.82, 2.24) is 14.7 Å². The maximum absolute atomic E-state index is 12.9. The Kier molecular flexibility index (Phi) is 3.76. The Labute approximate surface area is 143 Å². The van der Waals surface area contributed by atoms with Crippen molar-refractivity contribution in [3.63, 3.8) is 0 Å². The van der Waals surface area contributed by atoms with E-state index >= 15 is 0 Å². The number of fused-ring (bicyclic) bond motifs is 1. The lowest BCUT2D eigenvalue weighted by Gasteiger charge is -2.32. The van der Waals surface area contributed by atoms with Crippen molar-refractivity contribution >= 4 is 22.8 Å². The van der Waals surface area contributed by atoms with Crippen LogP contribution in [0.25, 0.3) is 11.0 Å². The van der Waals surface area contributed by atoms with E-state index in [1.165, 1.54) is 18.7 Å². The highest BCUT2D eigenvalue weighted by molar-refractivity contribution is 6.05. The van der Waals surface area contributed by atoms with Crippen LogP contribution in [0.2, 0.25) is 0 Å². The van der Waals surface area contributed by atoms with Crippen LogP contribution in [0, 0.1) is 0 Å². The minimum Gasteiger partial charge on any atom is -0.478 e. The molecule has 1 amide bonds. The highest BCUT2D eigenvalue weighted by atomic mass is 16.4. The molecule has 3 heterocycles. The number of aromatic nitrogens is 2. The van der Waals surface area contributed by atoms with E-state index in [-0.39, 0.29) is 17.5 Å². The van der Waals surface area contributed by atoms with Gasteiger partial charge in [0.05, 0.1) is 23.4 Å². The van der Waals surface area contributed by atoms with Gasteiger partial charge in [0, 0.05) is 24.7 Å². The minimum absolute atomic E-state index is 0.0241. The molecule has 1 fully saturated rings. The van der Waals surface area contributed by atoms with Crippen LogP contribution in [-0.4, -0.2) is 44.8 Å². The molecule has 0 saturated carbocycles. The van der Waals surface area contributed by atoms with Gasteiger partial charge < -0.3 is 14.4 Å². The van der Waals surface area contributed by atoms with E-state index in [0.29, 0.717) is 24.2 Å². The van der Waals surface area contributed by atoms with Gasteiger partial charge >= 0.3 is 5.97 Å². The zero-order valence-corrected chi connectivity index (χ0v) is 13.5. The largest absolute Gasteiger partial charge is 0.478 e. The molecule has 0 unspecified atom stereocenters. The number of carbonyl (C=O) groups excluding carboxylic acids is 1. The van der Waals surface area contributed by atoms with Gasteiger partial charge in [0.15, 0.2) is 0 Å². The molecule has 1 aromatic carbocycles. The zero-order chi connectivity index (χ0) is 17.4. The standard InChI is InChI=1S/C18H17N3O4/c22-17(15-11-25-16-6-2-1-5-14(15)16)20-7-3-4-13(10-20)21-9-12(8-19-21)18(23)24/h1-2,5-6,8-9,11,13H,3-4,7,10H2,(H,23,24)/t13-/m0/s1. The number of furan rings is 1. The molecule has 0 radical (unpaired) electrons. The summed E-state index contributed by atoms with van der Waals surface area (Å²) in [6.07, 6.45) is 6.07. The number of likely N-dealkylation sites (tertiary alicyclic amines) is 1. The van der Waals surface area contributed by atoms with Crippen LogP contribution in [0.3, 0.4) is 0 Å². The Bertz CT molecular complexity index is 943. The number of hydrogen-bond acceptors (Lipinski definition) is 4. The van der Waals surface area contributed by atoms with Crippen LogP contribution >= 0.6 is 0 Å². The predicted octanol–water partition coefficient (Wildman–Crippen LogP) is 2.80. The first-order valence-electron chi connectivity index (χ1n) is 8.16. The maximum atomic E-state index is 12.9. The topological polar surface area (TPSA) is 88.6 Å². The molecule has 0 aliphatic carbocycles. The fraction of sp³-hybridized carbons (Fsp3) is 0.278. The van der Waals surface area contributed by atoms with Crippen LogP contribution in [0.5, 0.6) is 0 Å². The molecule has 1 aliphatic rings. The molecule has 128 valence electrons. The Morgan fingerprint density at radius 1 is 1.28 bits per heavy atom.